The first kappa shape index (κ1) is 18.8. The van der Waals surface area contributed by atoms with Crippen molar-refractivity contribution in [1.82, 2.24) is 15.5 Å². The molecule has 0 aliphatic heterocycles. The lowest BCUT2D eigenvalue weighted by molar-refractivity contribution is -0.120. The van der Waals surface area contributed by atoms with Crippen molar-refractivity contribution in [3.63, 3.8) is 0 Å². The molecule has 0 aliphatic carbocycles. The monoisotopic (exact) mass is 411 g/mol. The van der Waals surface area contributed by atoms with Crippen LogP contribution in [0.1, 0.15) is 25.5 Å². The highest BCUT2D eigenvalue weighted by Crippen LogP contribution is 2.28. The highest BCUT2D eigenvalue weighted by molar-refractivity contribution is 8.00. The van der Waals surface area contributed by atoms with Crippen molar-refractivity contribution in [2.45, 2.75) is 30.4 Å². The standard InChI is InChI=1S/C17H15Cl2N3O3S/c1-9(12-6-5-11(18)8-13(12)19)20-15(23)10(2)26-17-22-21-16(25-17)14-4-3-7-24-14/h3-10H,1-2H3,(H,20,23)/t9-,10-/m0/s1. The molecular weight excluding hydrogens is 397 g/mol. The van der Waals surface area contributed by atoms with Gasteiger partial charge in [0.2, 0.25) is 5.91 Å². The van der Waals surface area contributed by atoms with E-state index >= 15 is 0 Å². The van der Waals surface area contributed by atoms with Gasteiger partial charge in [-0.3, -0.25) is 4.79 Å². The van der Waals surface area contributed by atoms with Crippen LogP contribution in [0.5, 0.6) is 0 Å². The fourth-order valence-electron chi connectivity index (χ4n) is 2.22. The number of hydrogen-bond acceptors (Lipinski definition) is 6. The van der Waals surface area contributed by atoms with Gasteiger partial charge in [0.1, 0.15) is 0 Å². The molecule has 0 saturated heterocycles. The van der Waals surface area contributed by atoms with Crippen LogP contribution >= 0.6 is 35.0 Å². The molecule has 3 aromatic rings. The first-order chi connectivity index (χ1) is 12.4. The molecule has 3 rings (SSSR count). The Kier molecular flexibility index (Phi) is 5.90. The summed E-state index contributed by atoms with van der Waals surface area (Å²) in [4.78, 5) is 12.4. The maximum Gasteiger partial charge on any atom is 0.284 e. The molecule has 0 bridgehead atoms. The van der Waals surface area contributed by atoms with Crippen LogP contribution in [0.4, 0.5) is 0 Å². The summed E-state index contributed by atoms with van der Waals surface area (Å²) in [5.74, 6) is 0.574. The number of halogens is 2. The predicted molar refractivity (Wildman–Crippen MR) is 100 cm³/mol. The Morgan fingerprint density at radius 3 is 2.73 bits per heavy atom. The largest absolute Gasteiger partial charge is 0.459 e. The zero-order valence-corrected chi connectivity index (χ0v) is 16.2. The van der Waals surface area contributed by atoms with Crippen molar-refractivity contribution in [3.05, 3.63) is 52.2 Å². The molecule has 1 N–H and O–H groups in total. The molecule has 0 radical (unpaired) electrons. The van der Waals surface area contributed by atoms with Crippen LogP contribution in [-0.4, -0.2) is 21.4 Å². The number of aromatic nitrogens is 2. The maximum atomic E-state index is 12.4. The third-order valence-electron chi connectivity index (χ3n) is 3.57. The summed E-state index contributed by atoms with van der Waals surface area (Å²) in [7, 11) is 0. The molecule has 0 saturated carbocycles. The van der Waals surface area contributed by atoms with Crippen LogP contribution in [0, 0.1) is 0 Å². The average Bonchev–Trinajstić information content (AvgIpc) is 3.25. The summed E-state index contributed by atoms with van der Waals surface area (Å²) < 4.78 is 10.7. The molecule has 26 heavy (non-hydrogen) atoms. The van der Waals surface area contributed by atoms with E-state index < -0.39 is 5.25 Å². The van der Waals surface area contributed by atoms with E-state index in [1.807, 2.05) is 6.92 Å². The van der Waals surface area contributed by atoms with Crippen LogP contribution in [0.25, 0.3) is 11.7 Å². The number of nitrogens with zero attached hydrogens (tertiary/aromatic N) is 2. The van der Waals surface area contributed by atoms with Crippen molar-refractivity contribution in [2.75, 3.05) is 0 Å². The number of hydrogen-bond donors (Lipinski definition) is 1. The molecule has 6 nitrogen and oxygen atoms in total. The minimum Gasteiger partial charge on any atom is -0.459 e. The number of carbonyl (C=O) groups is 1. The summed E-state index contributed by atoms with van der Waals surface area (Å²) in [5.41, 5.74) is 0.791. The number of amides is 1. The molecule has 2 heterocycles. The smallest absolute Gasteiger partial charge is 0.284 e. The van der Waals surface area contributed by atoms with Gasteiger partial charge in [0.15, 0.2) is 5.76 Å². The molecule has 136 valence electrons. The van der Waals surface area contributed by atoms with Crippen LogP contribution in [0.2, 0.25) is 10.0 Å². The number of thioether (sulfide) groups is 1. The first-order valence-corrected chi connectivity index (χ1v) is 9.37. The Bertz CT molecular complexity index is 899. The quantitative estimate of drug-likeness (QED) is 0.575. The van der Waals surface area contributed by atoms with Crippen LogP contribution in [0.3, 0.4) is 0 Å². The third-order valence-corrected chi connectivity index (χ3v) is 5.07. The fraction of sp³-hybridized carbons (Fsp3) is 0.235. The van der Waals surface area contributed by atoms with Gasteiger partial charge in [0.25, 0.3) is 11.1 Å². The van der Waals surface area contributed by atoms with Crippen molar-refractivity contribution in [3.8, 4) is 11.7 Å². The minimum atomic E-state index is -0.437. The Morgan fingerprint density at radius 1 is 1.23 bits per heavy atom. The van der Waals surface area contributed by atoms with Crippen molar-refractivity contribution in [2.24, 2.45) is 0 Å². The molecule has 0 unspecified atom stereocenters. The number of nitrogens with one attached hydrogen (secondary N) is 1. The van der Waals surface area contributed by atoms with Gasteiger partial charge in [0, 0.05) is 10.0 Å². The summed E-state index contributed by atoms with van der Waals surface area (Å²) in [6, 6.07) is 8.35. The first-order valence-electron chi connectivity index (χ1n) is 7.73. The van der Waals surface area contributed by atoms with E-state index in [0.29, 0.717) is 15.8 Å². The minimum absolute atomic E-state index is 0.175. The Hall–Kier alpha value is -1.96. The van der Waals surface area contributed by atoms with E-state index in [9.17, 15) is 4.79 Å². The highest BCUT2D eigenvalue weighted by atomic mass is 35.5. The molecule has 9 heteroatoms. The Balaban J connectivity index is 1.61. The summed E-state index contributed by atoms with van der Waals surface area (Å²) in [6.07, 6.45) is 1.52. The summed E-state index contributed by atoms with van der Waals surface area (Å²) in [5, 5.41) is 11.7. The predicted octanol–water partition coefficient (Wildman–Crippen LogP) is 4.99. The van der Waals surface area contributed by atoms with Gasteiger partial charge < -0.3 is 14.2 Å². The summed E-state index contributed by atoms with van der Waals surface area (Å²) >= 11 is 13.3. The van der Waals surface area contributed by atoms with Gasteiger partial charge >= 0.3 is 0 Å². The zero-order chi connectivity index (χ0) is 18.7. The molecule has 1 amide bonds. The number of rotatable bonds is 6. The van der Waals surface area contributed by atoms with E-state index in [1.165, 1.54) is 18.0 Å². The van der Waals surface area contributed by atoms with Crippen molar-refractivity contribution >= 4 is 40.9 Å². The molecule has 1 aromatic carbocycles. The van der Waals surface area contributed by atoms with Gasteiger partial charge in [0.05, 0.1) is 17.6 Å². The van der Waals surface area contributed by atoms with E-state index in [0.717, 1.165) is 5.56 Å². The van der Waals surface area contributed by atoms with E-state index in [-0.39, 0.29) is 23.1 Å². The molecular formula is C17H15Cl2N3O3S. The van der Waals surface area contributed by atoms with Crippen LogP contribution in [0.15, 0.2) is 50.7 Å². The Labute approximate surface area is 164 Å². The molecule has 2 aromatic heterocycles. The normalized spacial score (nSPS) is 13.4. The van der Waals surface area contributed by atoms with Crippen LogP contribution < -0.4 is 5.32 Å². The van der Waals surface area contributed by atoms with Gasteiger partial charge in [-0.05, 0) is 43.7 Å². The molecule has 0 spiro atoms. The highest BCUT2D eigenvalue weighted by Gasteiger charge is 2.22. The SMILES string of the molecule is C[C@H](Sc1nnc(-c2ccco2)o1)C(=O)N[C@@H](C)c1ccc(Cl)cc1Cl. The zero-order valence-electron chi connectivity index (χ0n) is 13.9. The molecule has 2 atom stereocenters. The third kappa shape index (κ3) is 4.41. The second-order valence-corrected chi connectivity index (χ2v) is 7.64. The van der Waals surface area contributed by atoms with Crippen molar-refractivity contribution < 1.29 is 13.6 Å². The Morgan fingerprint density at radius 2 is 2.04 bits per heavy atom. The topological polar surface area (TPSA) is 81.2 Å². The van der Waals surface area contributed by atoms with E-state index in [4.69, 9.17) is 32.0 Å². The molecule has 0 fully saturated rings. The molecule has 0 aliphatic rings. The number of benzene rings is 1. The lowest BCUT2D eigenvalue weighted by Gasteiger charge is -2.18. The van der Waals surface area contributed by atoms with Crippen LogP contribution in [-0.2, 0) is 4.79 Å². The lowest BCUT2D eigenvalue weighted by atomic mass is 10.1. The van der Waals surface area contributed by atoms with E-state index in [1.54, 1.807) is 37.3 Å². The van der Waals surface area contributed by atoms with Gasteiger partial charge in [-0.25, -0.2) is 0 Å². The number of furan rings is 1. The number of carbonyl (C=O) groups excluding carboxylic acids is 1. The fourth-order valence-corrected chi connectivity index (χ4v) is 3.49. The maximum absolute atomic E-state index is 12.4. The second-order valence-electron chi connectivity index (χ2n) is 5.51. The van der Waals surface area contributed by atoms with Gasteiger partial charge in [-0.1, -0.05) is 41.0 Å². The lowest BCUT2D eigenvalue weighted by Crippen LogP contribution is -2.33. The van der Waals surface area contributed by atoms with Gasteiger partial charge in [-0.2, -0.15) is 0 Å². The van der Waals surface area contributed by atoms with Gasteiger partial charge in [-0.15, -0.1) is 10.2 Å². The van der Waals surface area contributed by atoms with E-state index in [2.05, 4.69) is 15.5 Å². The second kappa shape index (κ2) is 8.16. The summed E-state index contributed by atoms with van der Waals surface area (Å²) in [6.45, 7) is 3.61. The average molecular weight is 412 g/mol. The van der Waals surface area contributed by atoms with Crippen molar-refractivity contribution in [1.29, 1.82) is 0 Å².